The molecule has 0 saturated carbocycles. The lowest BCUT2D eigenvalue weighted by Crippen LogP contribution is -2.21. The van der Waals surface area contributed by atoms with E-state index in [1.807, 2.05) is 6.92 Å². The van der Waals surface area contributed by atoms with Gasteiger partial charge in [0.25, 0.3) is 10.1 Å². The summed E-state index contributed by atoms with van der Waals surface area (Å²) >= 11 is 0. The second kappa shape index (κ2) is 9.75. The molecule has 110 valence electrons. The van der Waals surface area contributed by atoms with E-state index >= 15 is 0 Å². The average molecular weight is 280 g/mol. The third-order valence-corrected chi connectivity index (χ3v) is 4.65. The molecule has 0 aliphatic carbocycles. The third kappa shape index (κ3) is 8.89. The lowest BCUT2D eigenvalue weighted by Gasteiger charge is -2.14. The first-order chi connectivity index (χ1) is 8.41. The molecule has 0 spiro atoms. The molecule has 0 heterocycles. The smallest absolute Gasteiger partial charge is 0.267 e. The summed E-state index contributed by atoms with van der Waals surface area (Å²) in [6.07, 6.45) is 6.63. The predicted octanol–water partition coefficient (Wildman–Crippen LogP) is 3.15. The molecule has 0 aliphatic heterocycles. The van der Waals surface area contributed by atoms with Crippen LogP contribution in [-0.2, 0) is 10.1 Å². The van der Waals surface area contributed by atoms with Crippen LogP contribution in [0, 0.1) is 0 Å². The van der Waals surface area contributed by atoms with Crippen LogP contribution in [0.4, 0.5) is 0 Å². The van der Waals surface area contributed by atoms with Crippen LogP contribution in [0.25, 0.3) is 0 Å². The molecule has 0 saturated heterocycles. The molecule has 0 aromatic carbocycles. The minimum atomic E-state index is -3.94. The zero-order chi connectivity index (χ0) is 14.0. The first-order valence-electron chi connectivity index (χ1n) is 7.06. The Hall–Kier alpha value is -0.130. The van der Waals surface area contributed by atoms with E-state index in [2.05, 4.69) is 6.92 Å². The van der Waals surface area contributed by atoms with Gasteiger partial charge in [-0.25, -0.2) is 0 Å². The number of aliphatic hydroxyl groups excluding tert-OH is 1. The molecule has 18 heavy (non-hydrogen) atoms. The van der Waals surface area contributed by atoms with Crippen molar-refractivity contribution >= 4 is 10.1 Å². The van der Waals surface area contributed by atoms with Crippen molar-refractivity contribution in [2.45, 2.75) is 83.0 Å². The SMILES string of the molecule is CCCCCCC(CCCC(O)CC)S(=O)(=O)O. The summed E-state index contributed by atoms with van der Waals surface area (Å²) in [6.45, 7) is 4.00. The Labute approximate surface area is 112 Å². The van der Waals surface area contributed by atoms with Crippen LogP contribution < -0.4 is 0 Å². The monoisotopic (exact) mass is 280 g/mol. The van der Waals surface area contributed by atoms with Gasteiger partial charge in [-0.15, -0.1) is 0 Å². The van der Waals surface area contributed by atoms with E-state index in [1.165, 1.54) is 0 Å². The van der Waals surface area contributed by atoms with Crippen molar-refractivity contribution < 1.29 is 18.1 Å². The van der Waals surface area contributed by atoms with Gasteiger partial charge in [0.2, 0.25) is 0 Å². The van der Waals surface area contributed by atoms with Crippen LogP contribution in [0.15, 0.2) is 0 Å². The first kappa shape index (κ1) is 17.9. The minimum Gasteiger partial charge on any atom is -0.393 e. The highest BCUT2D eigenvalue weighted by Gasteiger charge is 2.22. The van der Waals surface area contributed by atoms with Crippen molar-refractivity contribution in [3.8, 4) is 0 Å². The maximum atomic E-state index is 11.2. The summed E-state index contributed by atoms with van der Waals surface area (Å²) < 4.78 is 31.6. The second-order valence-corrected chi connectivity index (χ2v) is 6.68. The van der Waals surface area contributed by atoms with E-state index in [-0.39, 0.29) is 6.10 Å². The number of aliphatic hydroxyl groups is 1. The van der Waals surface area contributed by atoms with Crippen molar-refractivity contribution in [2.75, 3.05) is 0 Å². The summed E-state index contributed by atoms with van der Waals surface area (Å²) in [5.74, 6) is 0. The molecule has 4 nitrogen and oxygen atoms in total. The van der Waals surface area contributed by atoms with Crippen LogP contribution in [0.1, 0.15) is 71.6 Å². The highest BCUT2D eigenvalue weighted by Crippen LogP contribution is 2.18. The molecule has 5 heteroatoms. The molecular weight excluding hydrogens is 252 g/mol. The Morgan fingerprint density at radius 3 is 2.06 bits per heavy atom. The van der Waals surface area contributed by atoms with Gasteiger partial charge in [-0.2, -0.15) is 8.42 Å². The fraction of sp³-hybridized carbons (Fsp3) is 1.00. The van der Waals surface area contributed by atoms with Gasteiger partial charge in [0.05, 0.1) is 11.4 Å². The minimum absolute atomic E-state index is 0.355. The van der Waals surface area contributed by atoms with Crippen LogP contribution in [-0.4, -0.2) is 29.4 Å². The van der Waals surface area contributed by atoms with Crippen LogP contribution in [0.3, 0.4) is 0 Å². The molecule has 0 bridgehead atoms. The predicted molar refractivity (Wildman–Crippen MR) is 74.2 cm³/mol. The average Bonchev–Trinajstić information content (AvgIpc) is 2.30. The lowest BCUT2D eigenvalue weighted by atomic mass is 10.0. The maximum Gasteiger partial charge on any atom is 0.267 e. The van der Waals surface area contributed by atoms with E-state index in [1.54, 1.807) is 0 Å². The normalized spacial score (nSPS) is 15.6. The molecule has 0 rings (SSSR count). The van der Waals surface area contributed by atoms with Crippen LogP contribution in [0.2, 0.25) is 0 Å². The van der Waals surface area contributed by atoms with Gasteiger partial charge < -0.3 is 5.11 Å². The molecule has 0 fully saturated rings. The summed E-state index contributed by atoms with van der Waals surface area (Å²) in [4.78, 5) is 0. The number of hydrogen-bond donors (Lipinski definition) is 2. The maximum absolute atomic E-state index is 11.2. The number of rotatable bonds is 11. The van der Waals surface area contributed by atoms with E-state index < -0.39 is 15.4 Å². The zero-order valence-corrected chi connectivity index (χ0v) is 12.5. The van der Waals surface area contributed by atoms with Crippen molar-refractivity contribution in [1.82, 2.24) is 0 Å². The Bertz CT molecular complexity index is 287. The Morgan fingerprint density at radius 2 is 1.56 bits per heavy atom. The molecule has 0 aliphatic rings. The summed E-state index contributed by atoms with van der Waals surface area (Å²) in [5, 5.41) is 8.75. The quantitative estimate of drug-likeness (QED) is 0.450. The van der Waals surface area contributed by atoms with Gasteiger partial charge in [-0.3, -0.25) is 4.55 Å². The van der Waals surface area contributed by atoms with Gasteiger partial charge >= 0.3 is 0 Å². The third-order valence-electron chi connectivity index (χ3n) is 3.34. The standard InChI is InChI=1S/C13H28O4S/c1-3-5-6-7-10-13(18(15,16)17)11-8-9-12(14)4-2/h12-14H,3-11H2,1-2H3,(H,15,16,17). The fourth-order valence-corrected chi connectivity index (χ4v) is 2.96. The molecule has 2 atom stereocenters. The second-order valence-electron chi connectivity index (χ2n) is 4.98. The van der Waals surface area contributed by atoms with E-state index in [9.17, 15) is 13.5 Å². The van der Waals surface area contributed by atoms with Gasteiger partial charge in [0, 0.05) is 0 Å². The first-order valence-corrected chi connectivity index (χ1v) is 8.56. The van der Waals surface area contributed by atoms with Crippen molar-refractivity contribution in [1.29, 1.82) is 0 Å². The van der Waals surface area contributed by atoms with E-state index in [0.717, 1.165) is 25.7 Å². The van der Waals surface area contributed by atoms with E-state index in [0.29, 0.717) is 32.1 Å². The molecular formula is C13H28O4S. The molecule has 0 aromatic rings. The molecule has 2 N–H and O–H groups in total. The lowest BCUT2D eigenvalue weighted by molar-refractivity contribution is 0.156. The highest BCUT2D eigenvalue weighted by molar-refractivity contribution is 7.86. The number of hydrogen-bond acceptors (Lipinski definition) is 3. The number of unbranched alkanes of at least 4 members (excludes halogenated alkanes) is 3. The molecule has 0 radical (unpaired) electrons. The van der Waals surface area contributed by atoms with Crippen LogP contribution in [0.5, 0.6) is 0 Å². The topological polar surface area (TPSA) is 74.6 Å². The largest absolute Gasteiger partial charge is 0.393 e. The van der Waals surface area contributed by atoms with Gasteiger partial charge in [-0.05, 0) is 32.1 Å². The molecule has 0 aromatic heterocycles. The summed E-state index contributed by atoms with van der Waals surface area (Å²) in [6, 6.07) is 0. The highest BCUT2D eigenvalue weighted by atomic mass is 32.2. The van der Waals surface area contributed by atoms with Gasteiger partial charge in [0.15, 0.2) is 0 Å². The Morgan fingerprint density at radius 1 is 0.944 bits per heavy atom. The van der Waals surface area contributed by atoms with Gasteiger partial charge in [0.1, 0.15) is 0 Å². The van der Waals surface area contributed by atoms with E-state index in [4.69, 9.17) is 4.55 Å². The van der Waals surface area contributed by atoms with Crippen molar-refractivity contribution in [3.05, 3.63) is 0 Å². The van der Waals surface area contributed by atoms with Crippen molar-refractivity contribution in [3.63, 3.8) is 0 Å². The Kier molecular flexibility index (Phi) is 9.68. The van der Waals surface area contributed by atoms with Gasteiger partial charge in [-0.1, -0.05) is 39.5 Å². The molecule has 0 amide bonds. The fourth-order valence-electron chi connectivity index (χ4n) is 2.03. The summed E-state index contributed by atoms with van der Waals surface area (Å²) in [5.41, 5.74) is 0. The zero-order valence-electron chi connectivity index (χ0n) is 11.6. The van der Waals surface area contributed by atoms with Crippen LogP contribution >= 0.6 is 0 Å². The Balaban J connectivity index is 4.01. The van der Waals surface area contributed by atoms with Crippen molar-refractivity contribution in [2.24, 2.45) is 0 Å². The molecule has 2 unspecified atom stereocenters. The summed E-state index contributed by atoms with van der Waals surface area (Å²) in [7, 11) is -3.94.